The first-order valence-corrected chi connectivity index (χ1v) is 0. The molecule has 0 aliphatic carbocycles. The topological polar surface area (TPSA) is 0 Å². The summed E-state index contributed by atoms with van der Waals surface area (Å²) in [7, 11) is 0. The third-order valence-electron chi connectivity index (χ3n) is 0. The van der Waals surface area contributed by atoms with E-state index in [1.165, 1.54) is 0 Å². The zero-order valence-corrected chi connectivity index (χ0v) is 43.0. The van der Waals surface area contributed by atoms with Crippen LogP contribution in [0.3, 0.4) is 0 Å². The Bertz CT molecular complexity index is 18.7. The first-order valence-electron chi connectivity index (χ1n) is 0. The Labute approximate surface area is 289 Å². The second-order valence-corrected chi connectivity index (χ2v) is 0. The fourth-order valence-electron chi connectivity index (χ4n) is 0. The summed E-state index contributed by atoms with van der Waals surface area (Å²) in [6.45, 7) is 0. The Morgan fingerprint density at radius 1 is 0.250 bits per heavy atom. The zero-order chi connectivity index (χ0) is 0. The van der Waals surface area contributed by atoms with Gasteiger partial charge in [-0.25, -0.2) is 0 Å². The third kappa shape index (κ3) is 72.2. The number of hydrogen-bond acceptors (Lipinski definition) is 0. The van der Waals surface area contributed by atoms with Gasteiger partial charge in [-0.05, 0) is 0 Å². The van der Waals surface area contributed by atoms with Crippen molar-refractivity contribution in [1.29, 1.82) is 0 Å². The summed E-state index contributed by atoms with van der Waals surface area (Å²) in [6.07, 6.45) is 0. The largest absolute Gasteiger partial charge is 5.00 e. The predicted octanol–water partition coefficient (Wildman–Crippen LogP) is -1.54. The van der Waals surface area contributed by atoms with Gasteiger partial charge in [-0.15, -0.1) is 0 Å². The Morgan fingerprint density at radius 2 is 0.250 bits per heavy atom. The summed E-state index contributed by atoms with van der Waals surface area (Å²) in [6, 6.07) is 0. The van der Waals surface area contributed by atoms with Gasteiger partial charge in [0.15, 0.2) is 0 Å². The van der Waals surface area contributed by atoms with Gasteiger partial charge < -0.3 is 0 Å². The van der Waals surface area contributed by atoms with Gasteiger partial charge in [0.2, 0.25) is 0 Å². The van der Waals surface area contributed by atoms with Crippen molar-refractivity contribution in [2.24, 2.45) is 0 Å². The van der Waals surface area contributed by atoms with E-state index in [4.69, 9.17) is 0 Å². The van der Waals surface area contributed by atoms with E-state index in [1.807, 2.05) is 0 Å². The summed E-state index contributed by atoms with van der Waals surface area (Å²) in [4.78, 5) is 0. The van der Waals surface area contributed by atoms with Crippen molar-refractivity contribution in [2.45, 2.75) is 0 Å². The van der Waals surface area contributed by atoms with E-state index in [1.54, 1.807) is 0 Å². The average molecular weight is 1870 g/mol. The predicted molar refractivity (Wildman–Crippen MR) is 23.0 cm³/mol. The minimum Gasteiger partial charge on any atom is 0 e. The van der Waals surface area contributed by atoms with Crippen molar-refractivity contribution in [3.63, 3.8) is 0 Å². The maximum Gasteiger partial charge on any atom is 5.00 e. The summed E-state index contributed by atoms with van der Waals surface area (Å²) in [5.41, 5.74) is 0. The van der Waals surface area contributed by atoms with E-state index in [0.29, 0.717) is 0 Å². The van der Waals surface area contributed by atoms with Crippen molar-refractivity contribution in [1.82, 2.24) is 0 Å². The normalized spacial score (nSPS) is 0. The second-order valence-electron chi connectivity index (χ2n) is 0. The summed E-state index contributed by atoms with van der Waals surface area (Å²) < 4.78 is 0. The molecule has 0 aliphatic heterocycles. The molecule has 0 fully saturated rings. The van der Waals surface area contributed by atoms with Crippen LogP contribution in [0.1, 0.15) is 0 Å². The molecule has 0 amide bonds. The smallest absolute Gasteiger partial charge is 0 e. The standard InChI is InChI=1S/4Pb.3Sc.5Ta/q;;;;3*+3;5*+5. The molecule has 0 nitrogen and oxygen atoms in total. The van der Waals surface area contributed by atoms with E-state index in [0.717, 1.165) is 0 Å². The molecule has 0 aromatic heterocycles. The van der Waals surface area contributed by atoms with Crippen molar-refractivity contribution in [3.05, 3.63) is 0 Å². The van der Waals surface area contributed by atoms with Gasteiger partial charge in [0.1, 0.15) is 0 Å². The average Bonchev–Trinajstić information content (AvgIpc) is 0. The monoisotopic (exact) mass is 1870 g/mol. The molecular weight excluding hydrogens is 1870 g/mol. The van der Waals surface area contributed by atoms with Crippen LogP contribution in [-0.4, -0.2) is 109 Å². The third-order valence-corrected chi connectivity index (χ3v) is 0. The molecule has 0 heterocycles. The minimum atomic E-state index is 0. The Hall–Kier alpha value is 10.00. The second kappa shape index (κ2) is 84.0. The number of rotatable bonds is 0. The Morgan fingerprint density at radius 3 is 0.250 bits per heavy atom. The molecule has 0 saturated carbocycles. The van der Waals surface area contributed by atoms with Crippen molar-refractivity contribution < 1.29 is 189 Å². The molecule has 0 aliphatic rings. The van der Waals surface area contributed by atoms with E-state index in [-0.39, 0.29) is 299 Å². The molecule has 12 heavy (non-hydrogen) atoms. The first kappa shape index (κ1) is 97.0. The van der Waals surface area contributed by atoms with Crippen molar-refractivity contribution in [3.8, 4) is 0 Å². The van der Waals surface area contributed by atoms with Gasteiger partial charge in [0.05, 0.1) is 0 Å². The maximum atomic E-state index is 0. The van der Waals surface area contributed by atoms with Gasteiger partial charge in [-0.3, -0.25) is 0 Å². The van der Waals surface area contributed by atoms with Crippen LogP contribution in [0.15, 0.2) is 0 Å². The van der Waals surface area contributed by atoms with Crippen LogP contribution in [0.2, 0.25) is 0 Å². The maximum absolute atomic E-state index is 0. The van der Waals surface area contributed by atoms with Gasteiger partial charge in [-0.2, -0.15) is 0 Å². The van der Waals surface area contributed by atoms with Crippen LogP contribution in [0.4, 0.5) is 0 Å². The minimum absolute atomic E-state index is 0. The molecule has 0 aromatic rings. The fraction of sp³-hybridized carbons (Fsp3) is 0. The Balaban J connectivity index is 0. The molecule has 0 saturated heterocycles. The van der Waals surface area contributed by atoms with Crippen LogP contribution in [0, 0.1) is 0 Å². The van der Waals surface area contributed by atoms with Crippen molar-refractivity contribution >= 4 is 109 Å². The first-order chi connectivity index (χ1) is 0. The molecule has 0 spiro atoms. The SMILES string of the molecule is [Pb].[Pb].[Pb].[Pb].[Sc+3].[Sc+3].[Sc+3].[Ta+5].[Ta+5].[Ta+5].[Ta+5].[Ta+5]. The van der Waals surface area contributed by atoms with Gasteiger partial charge in [0, 0.05) is 109 Å². The van der Waals surface area contributed by atoms with E-state index in [2.05, 4.69) is 0 Å². The van der Waals surface area contributed by atoms with Crippen LogP contribution in [0.25, 0.3) is 0 Å². The molecule has 0 atom stereocenters. The van der Waals surface area contributed by atoms with E-state index >= 15 is 0 Å². The van der Waals surface area contributed by atoms with Gasteiger partial charge in [0.25, 0.3) is 0 Å². The molecule has 0 aromatic carbocycles. The molecule has 0 N–H and O–H groups in total. The van der Waals surface area contributed by atoms with Crippen LogP contribution >= 0.6 is 0 Å². The zero-order valence-electron chi connectivity index (χ0n) is 5.97. The van der Waals surface area contributed by atoms with Gasteiger partial charge in [-0.1, -0.05) is 0 Å². The molecule has 12 heteroatoms. The molecule has 0 rings (SSSR count). The van der Waals surface area contributed by atoms with Crippen LogP contribution < -0.4 is 0 Å². The molecule has 0 bridgehead atoms. The summed E-state index contributed by atoms with van der Waals surface area (Å²) in [5.74, 6) is 0. The molecule has 0 unspecified atom stereocenters. The Kier molecular flexibility index (Phi) is 679. The molecule has 16 valence electrons. The van der Waals surface area contributed by atoms with Crippen molar-refractivity contribution in [2.75, 3.05) is 0 Å². The molecule has 16 radical (unpaired) electrons. The van der Waals surface area contributed by atoms with E-state index < -0.39 is 0 Å². The summed E-state index contributed by atoms with van der Waals surface area (Å²) in [5, 5.41) is 0. The molecular formula is Pb4Sc3Ta5+34. The van der Waals surface area contributed by atoms with Crippen LogP contribution in [0.5, 0.6) is 0 Å². The van der Waals surface area contributed by atoms with Gasteiger partial charge >= 0.3 is 189 Å². The summed E-state index contributed by atoms with van der Waals surface area (Å²) >= 11 is 0. The van der Waals surface area contributed by atoms with Crippen LogP contribution in [-0.2, 0) is 189 Å². The fourth-order valence-corrected chi connectivity index (χ4v) is 0. The quantitative estimate of drug-likeness (QED) is 0.259. The number of hydrogen-bond donors (Lipinski definition) is 0. The van der Waals surface area contributed by atoms with E-state index in [9.17, 15) is 0 Å².